The quantitative estimate of drug-likeness (QED) is 0.793. The van der Waals surface area contributed by atoms with Gasteiger partial charge in [0.1, 0.15) is 0 Å². The number of nitrogens with zero attached hydrogens (tertiary/aromatic N) is 3. The van der Waals surface area contributed by atoms with Crippen LogP contribution in [-0.2, 0) is 14.1 Å². The van der Waals surface area contributed by atoms with E-state index in [1.54, 1.807) is 18.8 Å². The van der Waals surface area contributed by atoms with Crippen molar-refractivity contribution in [3.8, 4) is 0 Å². The van der Waals surface area contributed by atoms with Crippen LogP contribution in [0.15, 0.2) is 14.7 Å². The number of aryl methyl sites for hydroxylation is 1. The number of rotatable bonds is 7. The number of aromatic amines is 1. The largest absolute Gasteiger partial charge is 0.332 e. The van der Waals surface area contributed by atoms with E-state index in [4.69, 9.17) is 0 Å². The Hall–Kier alpha value is -1.50. The van der Waals surface area contributed by atoms with Gasteiger partial charge in [-0.1, -0.05) is 44.9 Å². The fourth-order valence-corrected chi connectivity index (χ4v) is 3.59. The summed E-state index contributed by atoms with van der Waals surface area (Å²) in [7, 11) is 3.12. The number of hydrogen-bond acceptors (Lipinski definition) is 4. The van der Waals surface area contributed by atoms with Gasteiger partial charge >= 0.3 is 5.69 Å². The molecule has 6 nitrogen and oxygen atoms in total. The second-order valence-corrected chi connectivity index (χ2v) is 6.68. The molecule has 0 radical (unpaired) electrons. The van der Waals surface area contributed by atoms with Gasteiger partial charge in [-0.25, -0.2) is 9.78 Å². The number of imidazole rings is 1. The minimum atomic E-state index is -0.352. The third-order valence-corrected chi connectivity index (χ3v) is 5.18. The molecule has 0 bridgehead atoms. The molecule has 2 heterocycles. The predicted octanol–water partition coefficient (Wildman–Crippen LogP) is 2.27. The molecule has 0 aliphatic heterocycles. The predicted molar refractivity (Wildman–Crippen MR) is 90.6 cm³/mol. The minimum Gasteiger partial charge on any atom is -0.327 e. The number of aromatic nitrogens is 4. The Morgan fingerprint density at radius 1 is 1.23 bits per heavy atom. The molecule has 122 valence electrons. The highest BCUT2D eigenvalue weighted by Gasteiger charge is 2.14. The molecule has 1 atom stereocenters. The van der Waals surface area contributed by atoms with E-state index in [-0.39, 0.29) is 11.2 Å². The number of H-pyrrole nitrogens is 1. The van der Waals surface area contributed by atoms with Crippen LogP contribution >= 0.6 is 11.8 Å². The molecule has 0 saturated carbocycles. The van der Waals surface area contributed by atoms with Crippen LogP contribution in [0, 0.1) is 5.92 Å². The van der Waals surface area contributed by atoms with E-state index >= 15 is 0 Å². The van der Waals surface area contributed by atoms with Gasteiger partial charge in [0.25, 0.3) is 5.56 Å². The summed E-state index contributed by atoms with van der Waals surface area (Å²) in [4.78, 5) is 31.5. The lowest BCUT2D eigenvalue weighted by Gasteiger charge is -2.12. The van der Waals surface area contributed by atoms with Crippen LogP contribution in [0.25, 0.3) is 11.2 Å². The molecule has 0 spiro atoms. The molecule has 2 aromatic rings. The summed E-state index contributed by atoms with van der Waals surface area (Å²) in [5.74, 6) is 1.63. The lowest BCUT2D eigenvalue weighted by atomic mass is 10.0. The van der Waals surface area contributed by atoms with Crippen molar-refractivity contribution in [1.82, 2.24) is 19.1 Å². The smallest absolute Gasteiger partial charge is 0.327 e. The first-order chi connectivity index (χ1) is 10.5. The molecule has 22 heavy (non-hydrogen) atoms. The van der Waals surface area contributed by atoms with E-state index in [9.17, 15) is 9.59 Å². The van der Waals surface area contributed by atoms with Gasteiger partial charge in [0, 0.05) is 19.8 Å². The Morgan fingerprint density at radius 2 is 1.95 bits per heavy atom. The van der Waals surface area contributed by atoms with Crippen LogP contribution in [-0.4, -0.2) is 24.9 Å². The molecule has 1 N–H and O–H groups in total. The number of thioether (sulfide) groups is 1. The maximum absolute atomic E-state index is 12.1. The second-order valence-electron chi connectivity index (χ2n) is 5.67. The van der Waals surface area contributed by atoms with Crippen LogP contribution in [0.5, 0.6) is 0 Å². The standard InChI is InChI=1S/C15H24N4O2S/c1-5-7-8-10(6-2)9-22-14-16-11-12(17-14)18(3)15(21)19(4)13(11)20/h10H,5-9H2,1-4H3,(H,16,17). The molecule has 0 aliphatic carbocycles. The number of hydrogen-bond donors (Lipinski definition) is 1. The Balaban J connectivity index is 2.23. The SMILES string of the molecule is CCCCC(CC)CSc1nc2c([nH]1)c(=O)n(C)c(=O)n2C. The van der Waals surface area contributed by atoms with E-state index in [0.29, 0.717) is 22.2 Å². The molecule has 0 fully saturated rings. The summed E-state index contributed by atoms with van der Waals surface area (Å²) in [6, 6.07) is 0. The lowest BCUT2D eigenvalue weighted by Crippen LogP contribution is -2.36. The van der Waals surface area contributed by atoms with E-state index in [2.05, 4.69) is 23.8 Å². The number of fused-ring (bicyclic) bond motifs is 1. The first-order valence-corrected chi connectivity index (χ1v) is 8.76. The monoisotopic (exact) mass is 324 g/mol. The van der Waals surface area contributed by atoms with Gasteiger partial charge < -0.3 is 4.98 Å². The topological polar surface area (TPSA) is 72.7 Å². The first-order valence-electron chi connectivity index (χ1n) is 7.78. The third kappa shape index (κ3) is 3.29. The summed E-state index contributed by atoms with van der Waals surface area (Å²) in [6.07, 6.45) is 4.83. The van der Waals surface area contributed by atoms with Gasteiger partial charge in [0.05, 0.1) is 0 Å². The Labute approximate surface area is 133 Å². The van der Waals surface area contributed by atoms with Crippen LogP contribution in [0.3, 0.4) is 0 Å². The third-order valence-electron chi connectivity index (χ3n) is 4.07. The van der Waals surface area contributed by atoms with Crippen molar-refractivity contribution in [2.45, 2.75) is 44.7 Å². The molecule has 0 saturated heterocycles. The average Bonchev–Trinajstić information content (AvgIpc) is 2.95. The Morgan fingerprint density at radius 3 is 2.59 bits per heavy atom. The minimum absolute atomic E-state index is 0.324. The molecule has 0 aromatic carbocycles. The van der Waals surface area contributed by atoms with Crippen LogP contribution in [0.2, 0.25) is 0 Å². The van der Waals surface area contributed by atoms with Crippen molar-refractivity contribution in [2.24, 2.45) is 20.0 Å². The highest BCUT2D eigenvalue weighted by molar-refractivity contribution is 7.99. The molecule has 0 amide bonds. The Bertz CT molecular complexity index is 759. The summed E-state index contributed by atoms with van der Waals surface area (Å²) >= 11 is 1.63. The first kappa shape index (κ1) is 16.9. The van der Waals surface area contributed by atoms with Crippen LogP contribution in [0.1, 0.15) is 39.5 Å². The normalized spacial score (nSPS) is 12.9. The van der Waals surface area contributed by atoms with E-state index in [1.807, 2.05) is 0 Å². The van der Waals surface area contributed by atoms with Crippen molar-refractivity contribution in [1.29, 1.82) is 0 Å². The van der Waals surface area contributed by atoms with Crippen molar-refractivity contribution in [3.63, 3.8) is 0 Å². The average molecular weight is 324 g/mol. The molecule has 2 rings (SSSR count). The highest BCUT2D eigenvalue weighted by Crippen LogP contribution is 2.23. The van der Waals surface area contributed by atoms with Crippen molar-refractivity contribution < 1.29 is 0 Å². The number of unbranched alkanes of at least 4 members (excludes halogenated alkanes) is 1. The van der Waals surface area contributed by atoms with Gasteiger partial charge in [-0.2, -0.15) is 0 Å². The van der Waals surface area contributed by atoms with Crippen molar-refractivity contribution in [3.05, 3.63) is 20.8 Å². The van der Waals surface area contributed by atoms with Crippen molar-refractivity contribution in [2.75, 3.05) is 5.75 Å². The zero-order chi connectivity index (χ0) is 16.3. The summed E-state index contributed by atoms with van der Waals surface area (Å²) < 4.78 is 2.51. The van der Waals surface area contributed by atoms with Gasteiger partial charge in [0.2, 0.25) is 0 Å². The van der Waals surface area contributed by atoms with Gasteiger partial charge in [-0.15, -0.1) is 0 Å². The van der Waals surface area contributed by atoms with E-state index in [1.165, 1.54) is 30.9 Å². The maximum atomic E-state index is 12.1. The molecular weight excluding hydrogens is 300 g/mol. The second kappa shape index (κ2) is 7.17. The van der Waals surface area contributed by atoms with Crippen LogP contribution in [0.4, 0.5) is 0 Å². The van der Waals surface area contributed by atoms with Crippen molar-refractivity contribution >= 4 is 22.9 Å². The fourth-order valence-electron chi connectivity index (χ4n) is 2.47. The molecule has 0 aliphatic rings. The summed E-state index contributed by atoms with van der Waals surface area (Å²) in [6.45, 7) is 4.41. The van der Waals surface area contributed by atoms with Gasteiger partial charge in [0.15, 0.2) is 16.3 Å². The molecule has 7 heteroatoms. The zero-order valence-electron chi connectivity index (χ0n) is 13.7. The molecule has 1 unspecified atom stereocenters. The zero-order valence-corrected chi connectivity index (χ0v) is 14.5. The number of nitrogens with one attached hydrogen (secondary N) is 1. The van der Waals surface area contributed by atoms with E-state index < -0.39 is 0 Å². The van der Waals surface area contributed by atoms with Gasteiger partial charge in [-0.05, 0) is 12.3 Å². The Kier molecular flexibility index (Phi) is 5.50. The van der Waals surface area contributed by atoms with Gasteiger partial charge in [-0.3, -0.25) is 13.9 Å². The maximum Gasteiger partial charge on any atom is 0.332 e. The highest BCUT2D eigenvalue weighted by atomic mass is 32.2. The molecular formula is C15H24N4O2S. The summed E-state index contributed by atoms with van der Waals surface area (Å²) in [5, 5.41) is 0.711. The van der Waals surface area contributed by atoms with Crippen LogP contribution < -0.4 is 11.2 Å². The molecule has 2 aromatic heterocycles. The summed E-state index contributed by atoms with van der Waals surface area (Å²) in [5.41, 5.74) is 0.149. The fraction of sp³-hybridized carbons (Fsp3) is 0.667. The van der Waals surface area contributed by atoms with E-state index in [0.717, 1.165) is 16.7 Å². The lowest BCUT2D eigenvalue weighted by molar-refractivity contribution is 0.499.